The predicted molar refractivity (Wildman–Crippen MR) is 52.0 cm³/mol. The van der Waals surface area contributed by atoms with E-state index in [2.05, 4.69) is 10.3 Å². The maximum Gasteiger partial charge on any atom is 0.308 e. The van der Waals surface area contributed by atoms with Gasteiger partial charge in [0.15, 0.2) is 0 Å². The third-order valence-corrected chi connectivity index (χ3v) is 2.59. The largest absolute Gasteiger partial charge is 0.481 e. The van der Waals surface area contributed by atoms with Crippen molar-refractivity contribution >= 4 is 11.8 Å². The Morgan fingerprint density at radius 2 is 2.36 bits per heavy atom. The molecule has 1 heterocycles. The lowest BCUT2D eigenvalue weighted by Gasteiger charge is -2.34. The summed E-state index contributed by atoms with van der Waals surface area (Å²) in [5.74, 6) is -0.217. The third-order valence-electron chi connectivity index (χ3n) is 2.59. The number of carbonyl (C=O) groups is 1. The molecule has 4 heteroatoms. The Hall–Kier alpha value is -1.58. The standard InChI is InChI=1S/C10H12N2O2/c13-10(14)7-4-5-8(7)12-9-3-1-2-6-11-9/h1-3,6-8H,4-5H2,(H,11,12)(H,13,14)/t7-,8-/m1/s1. The van der Waals surface area contributed by atoms with Gasteiger partial charge in [-0.3, -0.25) is 4.79 Å². The molecule has 14 heavy (non-hydrogen) atoms. The van der Waals surface area contributed by atoms with Gasteiger partial charge < -0.3 is 10.4 Å². The molecule has 4 nitrogen and oxygen atoms in total. The molecule has 0 unspecified atom stereocenters. The summed E-state index contributed by atoms with van der Waals surface area (Å²) < 4.78 is 0. The second-order valence-corrected chi connectivity index (χ2v) is 3.49. The van der Waals surface area contributed by atoms with Gasteiger partial charge in [0.2, 0.25) is 0 Å². The van der Waals surface area contributed by atoms with E-state index in [0.717, 1.165) is 18.7 Å². The molecule has 0 aliphatic heterocycles. The number of aromatic nitrogens is 1. The molecule has 1 aromatic rings. The first-order valence-electron chi connectivity index (χ1n) is 4.68. The Bertz CT molecular complexity index is 326. The Morgan fingerprint density at radius 1 is 1.50 bits per heavy atom. The van der Waals surface area contributed by atoms with Crippen molar-refractivity contribution in [2.45, 2.75) is 18.9 Å². The number of hydrogen-bond donors (Lipinski definition) is 2. The highest BCUT2D eigenvalue weighted by Gasteiger charge is 2.36. The first-order valence-corrected chi connectivity index (χ1v) is 4.68. The Balaban J connectivity index is 1.96. The van der Waals surface area contributed by atoms with Gasteiger partial charge in [-0.15, -0.1) is 0 Å². The molecule has 2 N–H and O–H groups in total. The summed E-state index contributed by atoms with van der Waals surface area (Å²) in [5.41, 5.74) is 0. The highest BCUT2D eigenvalue weighted by atomic mass is 16.4. The normalized spacial score (nSPS) is 25.1. The number of pyridine rings is 1. The smallest absolute Gasteiger partial charge is 0.308 e. The quantitative estimate of drug-likeness (QED) is 0.759. The molecule has 0 aromatic carbocycles. The minimum absolute atomic E-state index is 0.0439. The molecular formula is C10H12N2O2. The van der Waals surface area contributed by atoms with Crippen LogP contribution in [0.2, 0.25) is 0 Å². The molecule has 1 aromatic heterocycles. The molecule has 2 rings (SSSR count). The molecule has 1 aliphatic rings. The van der Waals surface area contributed by atoms with Gasteiger partial charge in [0, 0.05) is 12.2 Å². The Morgan fingerprint density at radius 3 is 2.86 bits per heavy atom. The maximum absolute atomic E-state index is 10.7. The number of aliphatic carboxylic acids is 1. The molecule has 2 atom stereocenters. The average molecular weight is 192 g/mol. The number of nitrogens with zero attached hydrogens (tertiary/aromatic N) is 1. The van der Waals surface area contributed by atoms with Gasteiger partial charge in [-0.2, -0.15) is 0 Å². The fourth-order valence-corrected chi connectivity index (χ4v) is 1.61. The van der Waals surface area contributed by atoms with Crippen LogP contribution in [0.15, 0.2) is 24.4 Å². The van der Waals surface area contributed by atoms with E-state index in [4.69, 9.17) is 5.11 Å². The summed E-state index contributed by atoms with van der Waals surface area (Å²) in [6.07, 6.45) is 3.37. The number of rotatable bonds is 3. The molecule has 1 saturated carbocycles. The minimum atomic E-state index is -0.718. The van der Waals surface area contributed by atoms with Crippen molar-refractivity contribution in [2.75, 3.05) is 5.32 Å². The summed E-state index contributed by atoms with van der Waals surface area (Å²) in [6, 6.07) is 5.60. The molecule has 0 amide bonds. The number of hydrogen-bond acceptors (Lipinski definition) is 3. The fraction of sp³-hybridized carbons (Fsp3) is 0.400. The summed E-state index contributed by atoms with van der Waals surface area (Å²) in [5, 5.41) is 11.9. The summed E-state index contributed by atoms with van der Waals surface area (Å²) in [6.45, 7) is 0. The van der Waals surface area contributed by atoms with E-state index in [-0.39, 0.29) is 12.0 Å². The van der Waals surface area contributed by atoms with Crippen LogP contribution in [0.1, 0.15) is 12.8 Å². The van der Waals surface area contributed by atoms with Crippen LogP contribution in [0.3, 0.4) is 0 Å². The van der Waals surface area contributed by atoms with E-state index >= 15 is 0 Å². The van der Waals surface area contributed by atoms with Crippen molar-refractivity contribution in [1.29, 1.82) is 0 Å². The van der Waals surface area contributed by atoms with Crippen molar-refractivity contribution in [3.8, 4) is 0 Å². The molecule has 1 aliphatic carbocycles. The summed E-state index contributed by atoms with van der Waals surface area (Å²) in [7, 11) is 0. The van der Waals surface area contributed by atoms with Crippen molar-refractivity contribution in [3.63, 3.8) is 0 Å². The van der Waals surface area contributed by atoms with Gasteiger partial charge in [-0.05, 0) is 25.0 Å². The first-order chi connectivity index (χ1) is 6.77. The summed E-state index contributed by atoms with van der Waals surface area (Å²) >= 11 is 0. The van der Waals surface area contributed by atoms with E-state index in [1.165, 1.54) is 0 Å². The van der Waals surface area contributed by atoms with E-state index < -0.39 is 5.97 Å². The monoisotopic (exact) mass is 192 g/mol. The molecule has 74 valence electrons. The number of carboxylic acids is 1. The lowest BCUT2D eigenvalue weighted by Crippen LogP contribution is -2.43. The van der Waals surface area contributed by atoms with Crippen LogP contribution in [0.25, 0.3) is 0 Å². The molecule has 0 spiro atoms. The van der Waals surface area contributed by atoms with Gasteiger partial charge in [-0.1, -0.05) is 6.07 Å². The van der Waals surface area contributed by atoms with Crippen LogP contribution in [0.4, 0.5) is 5.82 Å². The zero-order valence-corrected chi connectivity index (χ0v) is 7.68. The SMILES string of the molecule is O=C(O)[C@@H]1CC[C@H]1Nc1ccccn1. The van der Waals surface area contributed by atoms with Gasteiger partial charge in [0.25, 0.3) is 0 Å². The summed E-state index contributed by atoms with van der Waals surface area (Å²) in [4.78, 5) is 14.8. The number of carboxylic acid groups (broad SMARTS) is 1. The van der Waals surface area contributed by atoms with Crippen LogP contribution in [0, 0.1) is 5.92 Å². The topological polar surface area (TPSA) is 62.2 Å². The van der Waals surface area contributed by atoms with E-state index in [9.17, 15) is 4.79 Å². The van der Waals surface area contributed by atoms with E-state index in [0.29, 0.717) is 0 Å². The lowest BCUT2D eigenvalue weighted by atomic mass is 9.79. The van der Waals surface area contributed by atoms with Crippen LogP contribution in [-0.2, 0) is 4.79 Å². The van der Waals surface area contributed by atoms with Crippen molar-refractivity contribution in [2.24, 2.45) is 5.92 Å². The second kappa shape index (κ2) is 3.65. The van der Waals surface area contributed by atoms with Gasteiger partial charge in [0.05, 0.1) is 5.92 Å². The first kappa shape index (κ1) is 8.99. The third kappa shape index (κ3) is 1.69. The van der Waals surface area contributed by atoms with E-state index in [1.54, 1.807) is 6.20 Å². The maximum atomic E-state index is 10.7. The van der Waals surface area contributed by atoms with Crippen LogP contribution >= 0.6 is 0 Å². The average Bonchev–Trinajstić information content (AvgIpc) is 2.13. The molecule has 0 radical (unpaired) electrons. The highest BCUT2D eigenvalue weighted by molar-refractivity contribution is 5.72. The fourth-order valence-electron chi connectivity index (χ4n) is 1.61. The van der Waals surface area contributed by atoms with Gasteiger partial charge in [-0.25, -0.2) is 4.98 Å². The molecule has 0 saturated heterocycles. The Kier molecular flexibility index (Phi) is 2.35. The molecular weight excluding hydrogens is 180 g/mol. The zero-order chi connectivity index (χ0) is 9.97. The molecule has 1 fully saturated rings. The van der Waals surface area contributed by atoms with Crippen LogP contribution < -0.4 is 5.32 Å². The zero-order valence-electron chi connectivity index (χ0n) is 7.68. The number of anilines is 1. The van der Waals surface area contributed by atoms with Crippen molar-refractivity contribution in [1.82, 2.24) is 4.98 Å². The lowest BCUT2D eigenvalue weighted by molar-refractivity contribution is -0.144. The number of nitrogens with one attached hydrogen (secondary N) is 1. The van der Waals surface area contributed by atoms with Crippen molar-refractivity contribution < 1.29 is 9.90 Å². The second-order valence-electron chi connectivity index (χ2n) is 3.49. The highest BCUT2D eigenvalue weighted by Crippen LogP contribution is 2.29. The minimum Gasteiger partial charge on any atom is -0.481 e. The Labute approximate surface area is 82.0 Å². The van der Waals surface area contributed by atoms with Gasteiger partial charge >= 0.3 is 5.97 Å². The van der Waals surface area contributed by atoms with E-state index in [1.807, 2.05) is 18.2 Å². The van der Waals surface area contributed by atoms with Crippen LogP contribution in [0.5, 0.6) is 0 Å². The van der Waals surface area contributed by atoms with Crippen LogP contribution in [-0.4, -0.2) is 22.1 Å². The van der Waals surface area contributed by atoms with Gasteiger partial charge in [0.1, 0.15) is 5.82 Å². The predicted octanol–water partition coefficient (Wildman–Crippen LogP) is 1.36. The van der Waals surface area contributed by atoms with Crippen molar-refractivity contribution in [3.05, 3.63) is 24.4 Å². The molecule has 0 bridgehead atoms.